The van der Waals surface area contributed by atoms with E-state index in [0.717, 1.165) is 5.56 Å². The van der Waals surface area contributed by atoms with E-state index < -0.39 is 5.41 Å². The number of rotatable bonds is 5. The van der Waals surface area contributed by atoms with E-state index in [4.69, 9.17) is 4.74 Å². The molecule has 6 heteroatoms. The Morgan fingerprint density at radius 1 is 1.19 bits per heavy atom. The number of ether oxygens (including phenoxy) is 1. The fourth-order valence-electron chi connectivity index (χ4n) is 4.06. The lowest BCUT2D eigenvalue weighted by molar-refractivity contribution is -0.150. The number of methoxy groups -OCH3 is 1. The van der Waals surface area contributed by atoms with E-state index in [2.05, 4.69) is 11.9 Å². The molecule has 1 N–H and O–H groups in total. The van der Waals surface area contributed by atoms with Crippen LogP contribution in [0.3, 0.4) is 0 Å². The second kappa shape index (κ2) is 7.94. The van der Waals surface area contributed by atoms with Crippen LogP contribution in [0.25, 0.3) is 0 Å². The Morgan fingerprint density at radius 2 is 1.81 bits per heavy atom. The van der Waals surface area contributed by atoms with Gasteiger partial charge in [0, 0.05) is 19.1 Å². The van der Waals surface area contributed by atoms with Crippen LogP contribution in [-0.4, -0.2) is 48.9 Å². The largest absolute Gasteiger partial charge is 0.469 e. The van der Waals surface area contributed by atoms with E-state index in [9.17, 15) is 14.4 Å². The number of likely N-dealkylation sites (tertiary alicyclic amines) is 1. The zero-order chi connectivity index (χ0) is 19.4. The molecule has 144 valence electrons. The molecule has 2 aliphatic rings. The highest BCUT2D eigenvalue weighted by molar-refractivity contribution is 5.90. The Kier molecular flexibility index (Phi) is 5.63. The summed E-state index contributed by atoms with van der Waals surface area (Å²) in [5.41, 5.74) is 0.312. The van der Waals surface area contributed by atoms with E-state index in [1.807, 2.05) is 30.3 Å². The standard InChI is InChI=1S/C21H26N2O4/c1-3-18(24)23-11-9-21(10-12-23,16-7-5-4-6-8-16)20(26)22-17-13-15(14-17)19(25)27-2/h3-8,15,17H,1,9-14H2,2H3,(H,22,26). The fraction of sp³-hybridized carbons (Fsp3) is 0.476. The van der Waals surface area contributed by atoms with Crippen molar-refractivity contribution in [3.63, 3.8) is 0 Å². The fourth-order valence-corrected chi connectivity index (χ4v) is 4.06. The molecule has 0 unspecified atom stereocenters. The highest BCUT2D eigenvalue weighted by atomic mass is 16.5. The molecule has 27 heavy (non-hydrogen) atoms. The van der Waals surface area contributed by atoms with Gasteiger partial charge in [0.25, 0.3) is 0 Å². The number of hydrogen-bond acceptors (Lipinski definition) is 4. The summed E-state index contributed by atoms with van der Waals surface area (Å²) in [5.74, 6) is -0.459. The number of benzene rings is 1. The van der Waals surface area contributed by atoms with Crippen molar-refractivity contribution in [1.82, 2.24) is 10.2 Å². The third kappa shape index (κ3) is 3.75. The zero-order valence-corrected chi connectivity index (χ0v) is 15.6. The monoisotopic (exact) mass is 370 g/mol. The minimum Gasteiger partial charge on any atom is -0.469 e. The molecular formula is C21H26N2O4. The Balaban J connectivity index is 1.72. The molecule has 2 amide bonds. The van der Waals surface area contributed by atoms with Crippen molar-refractivity contribution < 1.29 is 19.1 Å². The predicted molar refractivity (Wildman–Crippen MR) is 101 cm³/mol. The van der Waals surface area contributed by atoms with Gasteiger partial charge in [0.2, 0.25) is 11.8 Å². The van der Waals surface area contributed by atoms with Gasteiger partial charge in [-0.3, -0.25) is 14.4 Å². The van der Waals surface area contributed by atoms with Gasteiger partial charge in [-0.1, -0.05) is 36.9 Å². The number of carbonyl (C=O) groups is 3. The summed E-state index contributed by atoms with van der Waals surface area (Å²) in [7, 11) is 1.39. The lowest BCUT2D eigenvalue weighted by Crippen LogP contribution is -2.57. The van der Waals surface area contributed by atoms with E-state index >= 15 is 0 Å². The molecule has 1 heterocycles. The number of piperidine rings is 1. The number of nitrogens with zero attached hydrogens (tertiary/aromatic N) is 1. The number of amides is 2. The summed E-state index contributed by atoms with van der Waals surface area (Å²) >= 11 is 0. The van der Waals surface area contributed by atoms with Crippen LogP contribution in [0.1, 0.15) is 31.2 Å². The average Bonchev–Trinajstić information content (AvgIpc) is 2.69. The molecule has 0 bridgehead atoms. The first kappa shape index (κ1) is 19.1. The van der Waals surface area contributed by atoms with Crippen LogP contribution in [0.2, 0.25) is 0 Å². The van der Waals surface area contributed by atoms with Crippen LogP contribution in [0.5, 0.6) is 0 Å². The molecule has 1 aromatic rings. The van der Waals surface area contributed by atoms with E-state index in [-0.39, 0.29) is 29.7 Å². The Bertz CT molecular complexity index is 717. The van der Waals surface area contributed by atoms with E-state index in [0.29, 0.717) is 38.8 Å². The van der Waals surface area contributed by atoms with Crippen molar-refractivity contribution in [3.05, 3.63) is 48.6 Å². The first-order valence-electron chi connectivity index (χ1n) is 9.36. The van der Waals surface area contributed by atoms with Crippen molar-refractivity contribution in [1.29, 1.82) is 0 Å². The van der Waals surface area contributed by atoms with Crippen molar-refractivity contribution in [2.75, 3.05) is 20.2 Å². The quantitative estimate of drug-likeness (QED) is 0.633. The van der Waals surface area contributed by atoms with Gasteiger partial charge >= 0.3 is 5.97 Å². The molecule has 0 radical (unpaired) electrons. The third-order valence-corrected chi connectivity index (χ3v) is 5.87. The van der Waals surface area contributed by atoms with Crippen molar-refractivity contribution in [2.45, 2.75) is 37.1 Å². The van der Waals surface area contributed by atoms with Gasteiger partial charge in [0.1, 0.15) is 0 Å². The predicted octanol–water partition coefficient (Wildman–Crippen LogP) is 1.80. The highest BCUT2D eigenvalue weighted by Crippen LogP contribution is 2.37. The van der Waals surface area contributed by atoms with Crippen LogP contribution in [0.15, 0.2) is 43.0 Å². The van der Waals surface area contributed by atoms with E-state index in [1.54, 1.807) is 4.90 Å². The third-order valence-electron chi connectivity index (χ3n) is 5.87. The number of carbonyl (C=O) groups excluding carboxylic acids is 3. The molecular weight excluding hydrogens is 344 g/mol. The summed E-state index contributed by atoms with van der Waals surface area (Å²) in [6.07, 6.45) is 3.68. The topological polar surface area (TPSA) is 75.7 Å². The van der Waals surface area contributed by atoms with Crippen molar-refractivity contribution in [3.8, 4) is 0 Å². The maximum Gasteiger partial charge on any atom is 0.308 e. The molecule has 1 saturated heterocycles. The maximum atomic E-state index is 13.3. The van der Waals surface area contributed by atoms with Crippen LogP contribution in [-0.2, 0) is 24.5 Å². The lowest BCUT2D eigenvalue weighted by Gasteiger charge is -2.43. The Morgan fingerprint density at radius 3 is 2.37 bits per heavy atom. The molecule has 3 rings (SSSR count). The van der Waals surface area contributed by atoms with Gasteiger partial charge in [-0.15, -0.1) is 0 Å². The van der Waals surface area contributed by atoms with Gasteiger partial charge in [-0.25, -0.2) is 0 Å². The van der Waals surface area contributed by atoms with Gasteiger partial charge in [-0.05, 0) is 37.3 Å². The number of hydrogen-bond donors (Lipinski definition) is 1. The summed E-state index contributed by atoms with van der Waals surface area (Å²) in [4.78, 5) is 38.5. The number of esters is 1. The second-order valence-corrected chi connectivity index (χ2v) is 7.34. The normalized spacial score (nSPS) is 23.7. The highest BCUT2D eigenvalue weighted by Gasteiger charge is 2.45. The maximum absolute atomic E-state index is 13.3. The Labute approximate surface area is 159 Å². The Hall–Kier alpha value is -2.63. The summed E-state index contributed by atoms with van der Waals surface area (Å²) < 4.78 is 4.76. The molecule has 0 atom stereocenters. The minimum atomic E-state index is -0.657. The molecule has 1 saturated carbocycles. The van der Waals surface area contributed by atoms with E-state index in [1.165, 1.54) is 13.2 Å². The smallest absolute Gasteiger partial charge is 0.308 e. The molecule has 1 aromatic carbocycles. The van der Waals surface area contributed by atoms with Crippen LogP contribution in [0, 0.1) is 5.92 Å². The summed E-state index contributed by atoms with van der Waals surface area (Å²) in [6.45, 7) is 4.58. The SMILES string of the molecule is C=CC(=O)N1CCC(C(=O)NC2CC(C(=O)OC)C2)(c2ccccc2)CC1. The average molecular weight is 370 g/mol. The molecule has 1 aliphatic heterocycles. The molecule has 2 fully saturated rings. The van der Waals surface area contributed by atoms with Gasteiger partial charge < -0.3 is 15.0 Å². The molecule has 6 nitrogen and oxygen atoms in total. The molecule has 1 aliphatic carbocycles. The van der Waals surface area contributed by atoms with Gasteiger partial charge in [0.05, 0.1) is 18.4 Å². The molecule has 0 aromatic heterocycles. The van der Waals surface area contributed by atoms with Gasteiger partial charge in [0.15, 0.2) is 0 Å². The van der Waals surface area contributed by atoms with Gasteiger partial charge in [-0.2, -0.15) is 0 Å². The van der Waals surface area contributed by atoms with Crippen molar-refractivity contribution >= 4 is 17.8 Å². The van der Waals surface area contributed by atoms with Crippen LogP contribution < -0.4 is 5.32 Å². The minimum absolute atomic E-state index is 0.00461. The van der Waals surface area contributed by atoms with Crippen molar-refractivity contribution in [2.24, 2.45) is 5.92 Å². The van der Waals surface area contributed by atoms with Crippen LogP contribution in [0.4, 0.5) is 0 Å². The first-order chi connectivity index (χ1) is 13.0. The first-order valence-corrected chi connectivity index (χ1v) is 9.36. The second-order valence-electron chi connectivity index (χ2n) is 7.34. The molecule has 0 spiro atoms. The number of nitrogens with one attached hydrogen (secondary N) is 1. The van der Waals surface area contributed by atoms with Crippen LogP contribution >= 0.6 is 0 Å². The summed E-state index contributed by atoms with van der Waals surface area (Å²) in [5, 5.41) is 3.12. The lowest BCUT2D eigenvalue weighted by atomic mass is 9.71. The summed E-state index contributed by atoms with van der Waals surface area (Å²) in [6, 6.07) is 9.74. The zero-order valence-electron chi connectivity index (χ0n) is 15.6.